The molecule has 2 saturated carbocycles. The van der Waals surface area contributed by atoms with Crippen molar-refractivity contribution in [3.8, 4) is 11.5 Å². The number of hydrogen-bond donors (Lipinski definition) is 1. The van der Waals surface area contributed by atoms with Crippen LogP contribution in [0, 0.1) is 11.8 Å². The van der Waals surface area contributed by atoms with Crippen LogP contribution in [-0.2, 0) is 4.79 Å². The summed E-state index contributed by atoms with van der Waals surface area (Å²) in [6.07, 6.45) is 8.39. The van der Waals surface area contributed by atoms with E-state index in [-0.39, 0.29) is 5.91 Å². The molecule has 23 heavy (non-hydrogen) atoms. The van der Waals surface area contributed by atoms with Crippen molar-refractivity contribution in [3.63, 3.8) is 0 Å². The molecule has 0 aliphatic heterocycles. The fourth-order valence-electron chi connectivity index (χ4n) is 3.68. The lowest BCUT2D eigenvalue weighted by Crippen LogP contribution is -2.39. The van der Waals surface area contributed by atoms with Gasteiger partial charge in [-0.05, 0) is 43.2 Å². The SMILES string of the molecule is O=C(CSc1nnc(-c2ccncc2)o1)N[C@H]1C[C@@H]2CC[C@H]1C2. The lowest BCUT2D eigenvalue weighted by molar-refractivity contribution is -0.119. The minimum absolute atomic E-state index is 0.0520. The van der Waals surface area contributed by atoms with E-state index in [1.807, 2.05) is 12.1 Å². The van der Waals surface area contributed by atoms with Crippen LogP contribution in [-0.4, -0.2) is 32.9 Å². The van der Waals surface area contributed by atoms with Crippen molar-refractivity contribution in [1.29, 1.82) is 0 Å². The number of fused-ring (bicyclic) bond motifs is 2. The number of carbonyl (C=O) groups excluding carboxylic acids is 1. The summed E-state index contributed by atoms with van der Waals surface area (Å²) >= 11 is 1.28. The zero-order chi connectivity index (χ0) is 15.6. The van der Waals surface area contributed by atoms with E-state index in [0.717, 1.165) is 17.9 Å². The second-order valence-electron chi connectivity index (χ2n) is 6.25. The monoisotopic (exact) mass is 330 g/mol. The second-order valence-corrected chi connectivity index (χ2v) is 7.17. The number of rotatable bonds is 5. The Labute approximate surface area is 138 Å². The van der Waals surface area contributed by atoms with Gasteiger partial charge in [-0.1, -0.05) is 18.2 Å². The quantitative estimate of drug-likeness (QED) is 0.849. The molecule has 2 aliphatic carbocycles. The number of carbonyl (C=O) groups is 1. The molecule has 0 spiro atoms. The zero-order valence-electron chi connectivity index (χ0n) is 12.6. The molecule has 1 amide bonds. The summed E-state index contributed by atoms with van der Waals surface area (Å²) in [5.41, 5.74) is 0.825. The maximum Gasteiger partial charge on any atom is 0.277 e. The second kappa shape index (κ2) is 6.31. The molecule has 2 aliphatic rings. The first-order valence-corrected chi connectivity index (χ1v) is 8.92. The first-order valence-electron chi connectivity index (χ1n) is 7.94. The van der Waals surface area contributed by atoms with Gasteiger partial charge in [0.1, 0.15) is 0 Å². The molecule has 2 heterocycles. The molecule has 2 bridgehead atoms. The van der Waals surface area contributed by atoms with Crippen molar-refractivity contribution >= 4 is 17.7 Å². The van der Waals surface area contributed by atoms with Gasteiger partial charge >= 0.3 is 0 Å². The van der Waals surface area contributed by atoms with Gasteiger partial charge in [0, 0.05) is 24.0 Å². The van der Waals surface area contributed by atoms with E-state index in [9.17, 15) is 4.79 Å². The molecule has 6 nitrogen and oxygen atoms in total. The minimum atomic E-state index is 0.0520. The molecule has 1 N–H and O–H groups in total. The normalized spacial score (nSPS) is 25.7. The number of nitrogens with zero attached hydrogens (tertiary/aromatic N) is 3. The number of aromatic nitrogens is 3. The van der Waals surface area contributed by atoms with Crippen LogP contribution < -0.4 is 5.32 Å². The van der Waals surface area contributed by atoms with Crippen LogP contribution in [0.4, 0.5) is 0 Å². The Morgan fingerprint density at radius 3 is 2.87 bits per heavy atom. The Morgan fingerprint density at radius 2 is 2.13 bits per heavy atom. The Kier molecular flexibility index (Phi) is 4.03. The van der Waals surface area contributed by atoms with Gasteiger partial charge in [0.15, 0.2) is 0 Å². The average molecular weight is 330 g/mol. The van der Waals surface area contributed by atoms with Crippen LogP contribution in [0.1, 0.15) is 25.7 Å². The third kappa shape index (κ3) is 3.24. The first-order chi connectivity index (χ1) is 11.3. The van der Waals surface area contributed by atoms with E-state index in [2.05, 4.69) is 20.5 Å². The number of hydrogen-bond acceptors (Lipinski definition) is 6. The average Bonchev–Trinajstić information content (AvgIpc) is 3.30. The van der Waals surface area contributed by atoms with Crippen LogP contribution in [0.15, 0.2) is 34.2 Å². The van der Waals surface area contributed by atoms with Gasteiger partial charge in [0.2, 0.25) is 11.8 Å². The molecule has 0 saturated heterocycles. The highest BCUT2D eigenvalue weighted by atomic mass is 32.2. The van der Waals surface area contributed by atoms with Crippen LogP contribution in [0.5, 0.6) is 0 Å². The van der Waals surface area contributed by atoms with Gasteiger partial charge in [-0.2, -0.15) is 0 Å². The molecule has 0 unspecified atom stereocenters. The lowest BCUT2D eigenvalue weighted by Gasteiger charge is -2.22. The van der Waals surface area contributed by atoms with Gasteiger partial charge < -0.3 is 9.73 Å². The van der Waals surface area contributed by atoms with Crippen LogP contribution >= 0.6 is 11.8 Å². The van der Waals surface area contributed by atoms with E-state index in [0.29, 0.717) is 28.8 Å². The van der Waals surface area contributed by atoms with Gasteiger partial charge in [0.25, 0.3) is 5.22 Å². The van der Waals surface area contributed by atoms with E-state index in [1.165, 1.54) is 31.0 Å². The number of thioether (sulfide) groups is 1. The Bertz CT molecular complexity index is 690. The minimum Gasteiger partial charge on any atom is -0.411 e. The highest BCUT2D eigenvalue weighted by Crippen LogP contribution is 2.44. The van der Waals surface area contributed by atoms with Crippen molar-refractivity contribution in [1.82, 2.24) is 20.5 Å². The lowest BCUT2D eigenvalue weighted by atomic mass is 9.95. The molecule has 0 aromatic carbocycles. The van der Waals surface area contributed by atoms with Crippen LogP contribution in [0.2, 0.25) is 0 Å². The van der Waals surface area contributed by atoms with Crippen LogP contribution in [0.3, 0.4) is 0 Å². The molecule has 7 heteroatoms. The summed E-state index contributed by atoms with van der Waals surface area (Å²) in [5.74, 6) is 2.33. The molecule has 2 aromatic heterocycles. The topological polar surface area (TPSA) is 80.9 Å². The number of pyridine rings is 1. The summed E-state index contributed by atoms with van der Waals surface area (Å²) in [7, 11) is 0. The van der Waals surface area contributed by atoms with Crippen molar-refractivity contribution in [2.24, 2.45) is 11.8 Å². The third-order valence-electron chi connectivity index (χ3n) is 4.74. The highest BCUT2D eigenvalue weighted by Gasteiger charge is 2.40. The first kappa shape index (κ1) is 14.7. The molecule has 0 radical (unpaired) electrons. The maximum atomic E-state index is 12.1. The van der Waals surface area contributed by atoms with Crippen molar-refractivity contribution < 1.29 is 9.21 Å². The van der Waals surface area contributed by atoms with Crippen molar-refractivity contribution in [2.45, 2.75) is 36.9 Å². The molecular weight excluding hydrogens is 312 g/mol. The highest BCUT2D eigenvalue weighted by molar-refractivity contribution is 7.99. The Hall–Kier alpha value is -1.89. The molecule has 3 atom stereocenters. The van der Waals surface area contributed by atoms with Crippen molar-refractivity contribution in [3.05, 3.63) is 24.5 Å². The summed E-state index contributed by atoms with van der Waals surface area (Å²) in [5, 5.41) is 11.6. The van der Waals surface area contributed by atoms with E-state index in [4.69, 9.17) is 4.42 Å². The van der Waals surface area contributed by atoms with Gasteiger partial charge in [-0.25, -0.2) is 0 Å². The molecule has 4 rings (SSSR count). The smallest absolute Gasteiger partial charge is 0.277 e. The standard InChI is InChI=1S/C16H18N4O2S/c21-14(18-13-8-10-1-2-12(13)7-10)9-23-16-20-19-15(22-16)11-3-5-17-6-4-11/h3-6,10,12-13H,1-2,7-9H2,(H,18,21)/t10-,12+,13+/m1/s1. The Morgan fingerprint density at radius 1 is 1.26 bits per heavy atom. The predicted octanol–water partition coefficient (Wildman–Crippen LogP) is 2.53. The molecule has 2 fully saturated rings. The maximum absolute atomic E-state index is 12.1. The van der Waals surface area contributed by atoms with Crippen LogP contribution in [0.25, 0.3) is 11.5 Å². The summed E-state index contributed by atoms with van der Waals surface area (Å²) < 4.78 is 5.57. The zero-order valence-corrected chi connectivity index (χ0v) is 13.5. The van der Waals surface area contributed by atoms with Gasteiger partial charge in [0.05, 0.1) is 5.75 Å². The molecule has 120 valence electrons. The van der Waals surface area contributed by atoms with E-state index < -0.39 is 0 Å². The fourth-order valence-corrected chi connectivity index (χ4v) is 4.25. The molecule has 2 aromatic rings. The number of nitrogens with one attached hydrogen (secondary N) is 1. The largest absolute Gasteiger partial charge is 0.411 e. The van der Waals surface area contributed by atoms with Crippen molar-refractivity contribution in [2.75, 3.05) is 5.75 Å². The van der Waals surface area contributed by atoms with Gasteiger partial charge in [-0.15, -0.1) is 10.2 Å². The summed E-state index contributed by atoms with van der Waals surface area (Å²) in [6.45, 7) is 0. The Balaban J connectivity index is 1.29. The summed E-state index contributed by atoms with van der Waals surface area (Å²) in [4.78, 5) is 16.0. The van der Waals surface area contributed by atoms with E-state index in [1.54, 1.807) is 12.4 Å². The fraction of sp³-hybridized carbons (Fsp3) is 0.500. The van der Waals surface area contributed by atoms with E-state index >= 15 is 0 Å². The van der Waals surface area contributed by atoms with Gasteiger partial charge in [-0.3, -0.25) is 9.78 Å². The molecular formula is C16H18N4O2S. The predicted molar refractivity (Wildman–Crippen MR) is 85.6 cm³/mol. The number of amides is 1. The third-order valence-corrected chi connectivity index (χ3v) is 5.56. The summed E-state index contributed by atoms with van der Waals surface area (Å²) in [6, 6.07) is 3.99.